The topological polar surface area (TPSA) is 28.2 Å². The van der Waals surface area contributed by atoms with E-state index in [1.807, 2.05) is 5.51 Å². The quantitative estimate of drug-likeness (QED) is 0.821. The van der Waals surface area contributed by atoms with E-state index in [1.165, 1.54) is 38.3 Å². The first kappa shape index (κ1) is 14.0. The van der Waals surface area contributed by atoms with Crippen molar-refractivity contribution in [3.05, 3.63) is 16.6 Å². The summed E-state index contributed by atoms with van der Waals surface area (Å²) in [7, 11) is 0. The zero-order chi connectivity index (χ0) is 12.8. The third-order valence-electron chi connectivity index (χ3n) is 3.52. The van der Waals surface area contributed by atoms with E-state index in [1.54, 1.807) is 11.3 Å². The van der Waals surface area contributed by atoms with Gasteiger partial charge in [-0.3, -0.25) is 0 Å². The SMILES string of the molecule is CC(C)CNCC1CCN(CCc2cscn2)C1. The lowest BCUT2D eigenvalue weighted by Gasteiger charge is -2.16. The Morgan fingerprint density at radius 3 is 3.17 bits per heavy atom. The molecule has 0 bridgehead atoms. The third-order valence-corrected chi connectivity index (χ3v) is 4.16. The van der Waals surface area contributed by atoms with Gasteiger partial charge in [-0.05, 0) is 37.9 Å². The summed E-state index contributed by atoms with van der Waals surface area (Å²) in [4.78, 5) is 6.93. The number of hydrogen-bond acceptors (Lipinski definition) is 4. The van der Waals surface area contributed by atoms with Crippen molar-refractivity contribution in [1.29, 1.82) is 0 Å². The van der Waals surface area contributed by atoms with Crippen molar-refractivity contribution in [2.75, 3.05) is 32.7 Å². The van der Waals surface area contributed by atoms with Crippen LogP contribution in [-0.4, -0.2) is 42.6 Å². The van der Waals surface area contributed by atoms with Gasteiger partial charge < -0.3 is 10.2 Å². The first-order valence-electron chi connectivity index (χ1n) is 7.04. The van der Waals surface area contributed by atoms with Gasteiger partial charge in [0.1, 0.15) is 0 Å². The lowest BCUT2D eigenvalue weighted by molar-refractivity contribution is 0.324. The van der Waals surface area contributed by atoms with E-state index in [4.69, 9.17) is 0 Å². The lowest BCUT2D eigenvalue weighted by Crippen LogP contribution is -2.29. The molecular weight excluding hydrogens is 242 g/mol. The maximum absolute atomic E-state index is 4.34. The minimum Gasteiger partial charge on any atom is -0.316 e. The molecule has 1 N–H and O–H groups in total. The van der Waals surface area contributed by atoms with Crippen LogP contribution in [0, 0.1) is 11.8 Å². The molecular formula is C14H25N3S. The standard InChI is InChI=1S/C14H25N3S/c1-12(2)7-15-8-13-3-5-17(9-13)6-4-14-10-18-11-16-14/h10-13,15H,3-9H2,1-2H3. The molecule has 1 saturated heterocycles. The number of thiazole rings is 1. The number of nitrogens with zero attached hydrogens (tertiary/aromatic N) is 2. The second-order valence-corrected chi connectivity index (χ2v) is 6.46. The highest BCUT2D eigenvalue weighted by Crippen LogP contribution is 2.16. The summed E-state index contributed by atoms with van der Waals surface area (Å²) in [6.07, 6.45) is 2.46. The van der Waals surface area contributed by atoms with Gasteiger partial charge in [-0.2, -0.15) is 0 Å². The van der Waals surface area contributed by atoms with E-state index in [0.29, 0.717) is 0 Å². The lowest BCUT2D eigenvalue weighted by atomic mass is 10.1. The average Bonchev–Trinajstić information content (AvgIpc) is 2.96. The van der Waals surface area contributed by atoms with Gasteiger partial charge in [0.25, 0.3) is 0 Å². The molecule has 1 aliphatic heterocycles. The zero-order valence-corrected chi connectivity index (χ0v) is 12.4. The van der Waals surface area contributed by atoms with Crippen molar-refractivity contribution in [3.63, 3.8) is 0 Å². The summed E-state index contributed by atoms with van der Waals surface area (Å²) >= 11 is 1.70. The third kappa shape index (κ3) is 4.67. The van der Waals surface area contributed by atoms with Crippen molar-refractivity contribution in [2.45, 2.75) is 26.7 Å². The van der Waals surface area contributed by atoms with Gasteiger partial charge in [0.2, 0.25) is 0 Å². The van der Waals surface area contributed by atoms with Gasteiger partial charge in [0.15, 0.2) is 0 Å². The Morgan fingerprint density at radius 1 is 1.56 bits per heavy atom. The summed E-state index contributed by atoms with van der Waals surface area (Å²) in [6.45, 7) is 10.6. The smallest absolute Gasteiger partial charge is 0.0794 e. The van der Waals surface area contributed by atoms with Crippen molar-refractivity contribution in [3.8, 4) is 0 Å². The molecule has 0 aromatic carbocycles. The fraction of sp³-hybridized carbons (Fsp3) is 0.786. The van der Waals surface area contributed by atoms with Crippen LogP contribution in [0.25, 0.3) is 0 Å². The van der Waals surface area contributed by atoms with Crippen LogP contribution < -0.4 is 5.32 Å². The number of rotatable bonds is 7. The molecule has 0 saturated carbocycles. The first-order valence-corrected chi connectivity index (χ1v) is 7.98. The molecule has 0 aliphatic carbocycles. The molecule has 2 rings (SSSR count). The van der Waals surface area contributed by atoms with Crippen LogP contribution in [0.1, 0.15) is 26.0 Å². The molecule has 4 heteroatoms. The molecule has 2 heterocycles. The van der Waals surface area contributed by atoms with Gasteiger partial charge in [0.05, 0.1) is 11.2 Å². The Bertz CT molecular complexity index is 324. The largest absolute Gasteiger partial charge is 0.316 e. The normalized spacial score (nSPS) is 20.9. The highest BCUT2D eigenvalue weighted by Gasteiger charge is 2.21. The van der Waals surface area contributed by atoms with E-state index in [2.05, 4.69) is 34.4 Å². The maximum Gasteiger partial charge on any atom is 0.0794 e. The summed E-state index contributed by atoms with van der Waals surface area (Å²) < 4.78 is 0. The summed E-state index contributed by atoms with van der Waals surface area (Å²) in [6, 6.07) is 0. The summed E-state index contributed by atoms with van der Waals surface area (Å²) in [5.41, 5.74) is 3.18. The fourth-order valence-electron chi connectivity index (χ4n) is 2.49. The number of aromatic nitrogens is 1. The minimum atomic E-state index is 0.757. The molecule has 1 aromatic heterocycles. The van der Waals surface area contributed by atoms with E-state index in [-0.39, 0.29) is 0 Å². The van der Waals surface area contributed by atoms with Crippen LogP contribution in [0.5, 0.6) is 0 Å². The van der Waals surface area contributed by atoms with Crippen molar-refractivity contribution in [2.24, 2.45) is 11.8 Å². The van der Waals surface area contributed by atoms with E-state index in [0.717, 1.165) is 24.8 Å². The highest BCUT2D eigenvalue weighted by molar-refractivity contribution is 7.07. The predicted octanol–water partition coefficient (Wildman–Crippen LogP) is 2.25. The van der Waals surface area contributed by atoms with Gasteiger partial charge in [-0.25, -0.2) is 4.98 Å². The van der Waals surface area contributed by atoms with Crippen LogP contribution in [-0.2, 0) is 6.42 Å². The van der Waals surface area contributed by atoms with Crippen molar-refractivity contribution in [1.82, 2.24) is 15.2 Å². The molecule has 102 valence electrons. The van der Waals surface area contributed by atoms with Gasteiger partial charge in [-0.15, -0.1) is 11.3 Å². The number of hydrogen-bond donors (Lipinski definition) is 1. The summed E-state index contributed by atoms with van der Waals surface area (Å²) in [5.74, 6) is 1.60. The molecule has 1 atom stereocenters. The van der Waals surface area contributed by atoms with E-state index < -0.39 is 0 Å². The Kier molecular flexibility index (Phi) is 5.60. The first-order chi connectivity index (χ1) is 8.74. The van der Waals surface area contributed by atoms with Crippen LogP contribution in [0.4, 0.5) is 0 Å². The Balaban J connectivity index is 1.59. The summed E-state index contributed by atoms with van der Waals surface area (Å²) in [5, 5.41) is 5.74. The molecule has 0 amide bonds. The van der Waals surface area contributed by atoms with Crippen LogP contribution in [0.2, 0.25) is 0 Å². The van der Waals surface area contributed by atoms with Crippen LogP contribution >= 0.6 is 11.3 Å². The molecule has 1 fully saturated rings. The van der Waals surface area contributed by atoms with E-state index >= 15 is 0 Å². The van der Waals surface area contributed by atoms with Crippen molar-refractivity contribution < 1.29 is 0 Å². The van der Waals surface area contributed by atoms with Gasteiger partial charge in [0, 0.05) is 24.9 Å². The molecule has 1 aliphatic rings. The van der Waals surface area contributed by atoms with Gasteiger partial charge in [-0.1, -0.05) is 13.8 Å². The predicted molar refractivity (Wildman–Crippen MR) is 78.1 cm³/mol. The molecule has 18 heavy (non-hydrogen) atoms. The van der Waals surface area contributed by atoms with Gasteiger partial charge >= 0.3 is 0 Å². The highest BCUT2D eigenvalue weighted by atomic mass is 32.1. The van der Waals surface area contributed by atoms with Crippen molar-refractivity contribution >= 4 is 11.3 Å². The Morgan fingerprint density at radius 2 is 2.44 bits per heavy atom. The Hall–Kier alpha value is -0.450. The zero-order valence-electron chi connectivity index (χ0n) is 11.6. The minimum absolute atomic E-state index is 0.757. The molecule has 3 nitrogen and oxygen atoms in total. The second kappa shape index (κ2) is 7.22. The van der Waals surface area contributed by atoms with E-state index in [9.17, 15) is 0 Å². The second-order valence-electron chi connectivity index (χ2n) is 5.74. The molecule has 0 radical (unpaired) electrons. The monoisotopic (exact) mass is 267 g/mol. The fourth-order valence-corrected chi connectivity index (χ4v) is 3.09. The Labute approximate surface area is 115 Å². The molecule has 0 spiro atoms. The van der Waals surface area contributed by atoms with Crippen LogP contribution in [0.15, 0.2) is 10.9 Å². The maximum atomic E-state index is 4.34. The molecule has 1 aromatic rings. The van der Waals surface area contributed by atoms with Crippen LogP contribution in [0.3, 0.4) is 0 Å². The number of likely N-dealkylation sites (tertiary alicyclic amines) is 1. The number of nitrogens with one attached hydrogen (secondary N) is 1. The molecule has 1 unspecified atom stereocenters. The average molecular weight is 267 g/mol.